The van der Waals surface area contributed by atoms with Crippen LogP contribution in [-0.4, -0.2) is 24.7 Å². The number of aromatic hydroxyl groups is 1. The van der Waals surface area contributed by atoms with Gasteiger partial charge in [-0.05, 0) is 42.3 Å². The normalized spacial score (nSPS) is 10.1. The van der Waals surface area contributed by atoms with Crippen LogP contribution in [0.2, 0.25) is 0 Å². The van der Waals surface area contributed by atoms with Gasteiger partial charge in [-0.15, -0.1) is 0 Å². The van der Waals surface area contributed by atoms with Crippen molar-refractivity contribution in [2.45, 2.75) is 6.42 Å². The summed E-state index contributed by atoms with van der Waals surface area (Å²) in [6, 6.07) is 12.0. The number of methoxy groups -OCH3 is 1. The molecule has 0 heterocycles. The lowest BCUT2D eigenvalue weighted by Gasteiger charge is -2.08. The summed E-state index contributed by atoms with van der Waals surface area (Å²) in [5.41, 5.74) is 7.61. The molecule has 0 bridgehead atoms. The Balaban J connectivity index is 1.94. The van der Waals surface area contributed by atoms with E-state index in [0.717, 1.165) is 5.56 Å². The number of nitrogens with two attached hydrogens (primary N) is 1. The predicted octanol–water partition coefficient (Wildman–Crippen LogP) is 1.96. The second kappa shape index (κ2) is 6.65. The van der Waals surface area contributed by atoms with E-state index < -0.39 is 0 Å². The molecule has 0 spiro atoms. The zero-order valence-corrected chi connectivity index (χ0v) is 11.8. The van der Waals surface area contributed by atoms with Gasteiger partial charge in [-0.3, -0.25) is 4.79 Å². The Morgan fingerprint density at radius 1 is 1.24 bits per heavy atom. The fraction of sp³-hybridized carbons (Fsp3) is 0.188. The zero-order valence-electron chi connectivity index (χ0n) is 11.8. The van der Waals surface area contributed by atoms with Gasteiger partial charge in [-0.1, -0.05) is 12.1 Å². The van der Waals surface area contributed by atoms with Crippen molar-refractivity contribution in [2.24, 2.45) is 0 Å². The first kappa shape index (κ1) is 14.7. The summed E-state index contributed by atoms with van der Waals surface area (Å²) in [6.45, 7) is 0.472. The topological polar surface area (TPSA) is 84.6 Å². The number of ether oxygens (including phenoxy) is 1. The van der Waals surface area contributed by atoms with Gasteiger partial charge in [0.15, 0.2) is 0 Å². The van der Waals surface area contributed by atoms with Gasteiger partial charge in [-0.25, -0.2) is 0 Å². The molecule has 0 atom stereocenters. The van der Waals surface area contributed by atoms with Crippen LogP contribution in [0.15, 0.2) is 42.5 Å². The first-order valence-electron chi connectivity index (χ1n) is 6.60. The SMILES string of the molecule is COc1ccc(O)c(C(=O)NCCc2ccc(N)cc2)c1. The maximum Gasteiger partial charge on any atom is 0.255 e. The maximum absolute atomic E-state index is 12.0. The van der Waals surface area contributed by atoms with Crippen LogP contribution in [0, 0.1) is 0 Å². The third-order valence-corrected chi connectivity index (χ3v) is 3.13. The molecule has 0 aliphatic rings. The van der Waals surface area contributed by atoms with E-state index in [1.54, 1.807) is 6.07 Å². The van der Waals surface area contributed by atoms with Gasteiger partial charge in [0.05, 0.1) is 12.7 Å². The van der Waals surface area contributed by atoms with Crippen LogP contribution in [-0.2, 0) is 6.42 Å². The quantitative estimate of drug-likeness (QED) is 0.733. The van der Waals surface area contributed by atoms with Crippen LogP contribution >= 0.6 is 0 Å². The molecule has 0 saturated heterocycles. The Morgan fingerprint density at radius 3 is 2.62 bits per heavy atom. The van der Waals surface area contributed by atoms with Crippen LogP contribution in [0.5, 0.6) is 11.5 Å². The lowest BCUT2D eigenvalue weighted by molar-refractivity contribution is 0.0951. The molecule has 5 heteroatoms. The number of benzene rings is 2. The summed E-state index contributed by atoms with van der Waals surface area (Å²) in [5.74, 6) is 0.124. The zero-order chi connectivity index (χ0) is 15.2. The largest absolute Gasteiger partial charge is 0.507 e. The Morgan fingerprint density at radius 2 is 1.95 bits per heavy atom. The first-order chi connectivity index (χ1) is 10.1. The van der Waals surface area contributed by atoms with E-state index >= 15 is 0 Å². The molecule has 2 rings (SSSR count). The lowest BCUT2D eigenvalue weighted by atomic mass is 10.1. The summed E-state index contributed by atoms with van der Waals surface area (Å²) in [6.07, 6.45) is 0.691. The summed E-state index contributed by atoms with van der Waals surface area (Å²) in [4.78, 5) is 12.0. The minimum Gasteiger partial charge on any atom is -0.507 e. The monoisotopic (exact) mass is 286 g/mol. The molecule has 2 aromatic rings. The fourth-order valence-electron chi connectivity index (χ4n) is 1.92. The lowest BCUT2D eigenvalue weighted by Crippen LogP contribution is -2.25. The number of anilines is 1. The van der Waals surface area contributed by atoms with E-state index in [1.165, 1.54) is 19.2 Å². The second-order valence-corrected chi connectivity index (χ2v) is 4.63. The molecule has 4 N–H and O–H groups in total. The van der Waals surface area contributed by atoms with Crippen molar-refractivity contribution in [1.29, 1.82) is 0 Å². The highest BCUT2D eigenvalue weighted by atomic mass is 16.5. The molecule has 0 aromatic heterocycles. The van der Waals surface area contributed by atoms with Crippen molar-refractivity contribution in [3.8, 4) is 11.5 Å². The van der Waals surface area contributed by atoms with Gasteiger partial charge in [-0.2, -0.15) is 0 Å². The van der Waals surface area contributed by atoms with Crippen molar-refractivity contribution in [2.75, 3.05) is 19.4 Å². The van der Waals surface area contributed by atoms with Crippen LogP contribution in [0.1, 0.15) is 15.9 Å². The van der Waals surface area contributed by atoms with E-state index in [0.29, 0.717) is 24.4 Å². The van der Waals surface area contributed by atoms with Crippen LogP contribution in [0.3, 0.4) is 0 Å². The van der Waals surface area contributed by atoms with Gasteiger partial charge in [0, 0.05) is 12.2 Å². The molecular formula is C16H18N2O3. The van der Waals surface area contributed by atoms with Crippen molar-refractivity contribution >= 4 is 11.6 Å². The number of phenolic OH excluding ortho intramolecular Hbond substituents is 1. The molecule has 21 heavy (non-hydrogen) atoms. The van der Waals surface area contributed by atoms with Crippen molar-refractivity contribution in [3.63, 3.8) is 0 Å². The van der Waals surface area contributed by atoms with Crippen molar-refractivity contribution in [1.82, 2.24) is 5.32 Å². The molecular weight excluding hydrogens is 268 g/mol. The summed E-state index contributed by atoms with van der Waals surface area (Å²) >= 11 is 0. The number of rotatable bonds is 5. The summed E-state index contributed by atoms with van der Waals surface area (Å²) in [5, 5.41) is 12.5. The summed E-state index contributed by atoms with van der Waals surface area (Å²) in [7, 11) is 1.51. The molecule has 5 nitrogen and oxygen atoms in total. The third kappa shape index (κ3) is 3.89. The van der Waals surface area contributed by atoms with Crippen molar-refractivity contribution in [3.05, 3.63) is 53.6 Å². The van der Waals surface area contributed by atoms with E-state index in [9.17, 15) is 9.90 Å². The van der Waals surface area contributed by atoms with Crippen LogP contribution < -0.4 is 15.8 Å². The number of phenols is 1. The second-order valence-electron chi connectivity index (χ2n) is 4.63. The van der Waals surface area contributed by atoms with E-state index in [1.807, 2.05) is 24.3 Å². The predicted molar refractivity (Wildman–Crippen MR) is 81.6 cm³/mol. The maximum atomic E-state index is 12.0. The van der Waals surface area contributed by atoms with Gasteiger partial charge < -0.3 is 20.9 Å². The van der Waals surface area contributed by atoms with E-state index in [4.69, 9.17) is 10.5 Å². The molecule has 0 radical (unpaired) electrons. The number of nitrogens with one attached hydrogen (secondary N) is 1. The molecule has 1 amide bonds. The number of hydrogen-bond acceptors (Lipinski definition) is 4. The smallest absolute Gasteiger partial charge is 0.255 e. The molecule has 0 fully saturated rings. The standard InChI is InChI=1S/C16H18N2O3/c1-21-13-6-7-15(19)14(10-13)16(20)18-9-8-11-2-4-12(17)5-3-11/h2-7,10,19H,8-9,17H2,1H3,(H,18,20). The van der Waals surface area contributed by atoms with Gasteiger partial charge >= 0.3 is 0 Å². The number of hydrogen-bond donors (Lipinski definition) is 3. The highest BCUT2D eigenvalue weighted by Gasteiger charge is 2.11. The molecule has 0 aliphatic heterocycles. The molecule has 110 valence electrons. The number of nitrogen functional groups attached to an aromatic ring is 1. The van der Waals surface area contributed by atoms with Gasteiger partial charge in [0.25, 0.3) is 5.91 Å². The first-order valence-corrected chi connectivity index (χ1v) is 6.60. The van der Waals surface area contributed by atoms with Gasteiger partial charge in [0.2, 0.25) is 0 Å². The fourth-order valence-corrected chi connectivity index (χ4v) is 1.92. The van der Waals surface area contributed by atoms with Crippen LogP contribution in [0.25, 0.3) is 0 Å². The molecule has 2 aromatic carbocycles. The van der Waals surface area contributed by atoms with E-state index in [2.05, 4.69) is 5.32 Å². The van der Waals surface area contributed by atoms with Crippen molar-refractivity contribution < 1.29 is 14.6 Å². The Bertz CT molecular complexity index is 624. The number of amides is 1. The molecule has 0 unspecified atom stereocenters. The van der Waals surface area contributed by atoms with Crippen LogP contribution in [0.4, 0.5) is 5.69 Å². The average molecular weight is 286 g/mol. The Hall–Kier alpha value is -2.69. The Labute approximate surface area is 123 Å². The number of carbonyl (C=O) groups is 1. The summed E-state index contributed by atoms with van der Waals surface area (Å²) < 4.78 is 5.04. The number of carbonyl (C=O) groups excluding carboxylic acids is 1. The van der Waals surface area contributed by atoms with E-state index in [-0.39, 0.29) is 17.2 Å². The Kier molecular flexibility index (Phi) is 4.66. The highest BCUT2D eigenvalue weighted by molar-refractivity contribution is 5.97. The highest BCUT2D eigenvalue weighted by Crippen LogP contribution is 2.22. The molecule has 0 aliphatic carbocycles. The van der Waals surface area contributed by atoms with Gasteiger partial charge in [0.1, 0.15) is 11.5 Å². The molecule has 0 saturated carbocycles. The third-order valence-electron chi connectivity index (χ3n) is 3.13. The minimum absolute atomic E-state index is 0.0687. The minimum atomic E-state index is -0.332. The average Bonchev–Trinajstić information content (AvgIpc) is 2.49.